The first-order valence-electron chi connectivity index (χ1n) is 14.6. The smallest absolute Gasteiger partial charge is 0.240 e. The topological polar surface area (TPSA) is 157 Å². The van der Waals surface area contributed by atoms with Gasteiger partial charge in [-0.25, -0.2) is 0 Å². The molecule has 0 aliphatic heterocycles. The fraction of sp³-hybridized carbons (Fsp3) is 0.273. The third kappa shape index (κ3) is 6.46. The molecule has 2 aromatic heterocycles. The maximum Gasteiger partial charge on any atom is 0.240 e. The summed E-state index contributed by atoms with van der Waals surface area (Å²) in [5.41, 5.74) is 16.2. The molecule has 5 N–H and O–H groups in total. The molecule has 6 rings (SSSR count). The van der Waals surface area contributed by atoms with Crippen LogP contribution in [0.25, 0.3) is 33.3 Å². The molecule has 2 heterocycles. The van der Waals surface area contributed by atoms with Gasteiger partial charge in [0.05, 0.1) is 0 Å². The van der Waals surface area contributed by atoms with E-state index in [9.17, 15) is 9.59 Å². The number of hydrogen-bond donors (Lipinski definition) is 3. The van der Waals surface area contributed by atoms with Crippen molar-refractivity contribution in [2.75, 3.05) is 11.4 Å². The van der Waals surface area contributed by atoms with Gasteiger partial charge in [-0.05, 0) is 84.1 Å². The van der Waals surface area contributed by atoms with Gasteiger partial charge in [0.2, 0.25) is 17.6 Å². The van der Waals surface area contributed by atoms with E-state index in [1.807, 2.05) is 79.1 Å². The number of aromatic nitrogens is 5. The number of halogens is 1. The lowest BCUT2D eigenvalue weighted by Gasteiger charge is -2.35. The van der Waals surface area contributed by atoms with E-state index in [0.29, 0.717) is 24.0 Å². The Morgan fingerprint density at radius 3 is 2.27 bits per heavy atom. The average molecular weight is 611 g/mol. The first-order valence-corrected chi connectivity index (χ1v) is 14.6. The van der Waals surface area contributed by atoms with Crippen molar-refractivity contribution in [2.24, 2.45) is 23.3 Å². The second-order valence-corrected chi connectivity index (χ2v) is 11.2. The number of carbonyl (C=O) groups excluding carboxylic acids is 2. The summed E-state index contributed by atoms with van der Waals surface area (Å²) in [5, 5.41) is 16.3. The highest BCUT2D eigenvalue weighted by molar-refractivity contribution is 6.02. The number of primary amides is 1. The number of hydrogen-bond acceptors (Lipinski definition) is 7. The molecule has 11 heteroatoms. The average Bonchev–Trinajstić information content (AvgIpc) is 3.60. The predicted molar refractivity (Wildman–Crippen MR) is 173 cm³/mol. The summed E-state index contributed by atoms with van der Waals surface area (Å²) in [7, 11) is 0. The number of nitrogens with two attached hydrogens (primary N) is 2. The van der Waals surface area contributed by atoms with E-state index in [2.05, 4.69) is 31.7 Å². The van der Waals surface area contributed by atoms with Gasteiger partial charge in [0.15, 0.2) is 0 Å². The van der Waals surface area contributed by atoms with Crippen molar-refractivity contribution < 1.29 is 9.59 Å². The van der Waals surface area contributed by atoms with E-state index in [-0.39, 0.29) is 30.7 Å². The lowest BCUT2D eigenvalue weighted by Crippen LogP contribution is -2.52. The first kappa shape index (κ1) is 30.8. The number of amides is 2. The summed E-state index contributed by atoms with van der Waals surface area (Å²) >= 11 is 0. The quantitative estimate of drug-likeness (QED) is 0.218. The molecule has 10 nitrogen and oxygen atoms in total. The van der Waals surface area contributed by atoms with Crippen molar-refractivity contribution >= 4 is 40.7 Å². The zero-order chi connectivity index (χ0) is 29.8. The summed E-state index contributed by atoms with van der Waals surface area (Å²) in [4.78, 5) is 33.2. The van der Waals surface area contributed by atoms with Gasteiger partial charge in [0, 0.05) is 46.9 Å². The Kier molecular flexibility index (Phi) is 9.62. The van der Waals surface area contributed by atoms with Gasteiger partial charge in [0.25, 0.3) is 0 Å². The van der Waals surface area contributed by atoms with Crippen molar-refractivity contribution in [3.05, 3.63) is 90.8 Å². The first-order chi connectivity index (χ1) is 21.0. The molecule has 1 saturated carbocycles. The Bertz CT molecular complexity index is 1700. The number of aromatic amines is 1. The van der Waals surface area contributed by atoms with Gasteiger partial charge in [-0.2, -0.15) is 5.21 Å². The van der Waals surface area contributed by atoms with E-state index < -0.39 is 11.9 Å². The Hall–Kier alpha value is -4.67. The Morgan fingerprint density at radius 2 is 1.61 bits per heavy atom. The molecule has 3 aromatic carbocycles. The van der Waals surface area contributed by atoms with Crippen molar-refractivity contribution in [1.29, 1.82) is 0 Å². The Morgan fingerprint density at radius 1 is 0.909 bits per heavy atom. The molecule has 0 saturated heterocycles. The number of carbonyl (C=O) groups is 2. The molecule has 1 atom stereocenters. The highest BCUT2D eigenvalue weighted by atomic mass is 35.5. The molecule has 1 fully saturated rings. The van der Waals surface area contributed by atoms with E-state index in [4.69, 9.17) is 11.5 Å². The number of fused-ring (bicyclic) bond motifs is 1. The molecular weight excluding hydrogens is 576 g/mol. The van der Waals surface area contributed by atoms with Crippen molar-refractivity contribution in [1.82, 2.24) is 25.6 Å². The SMILES string of the molecule is Cl.NCC1CCC(C(=O)N(c2ccc(-c3nn[nH]n3)cc2)[C@@H](Cc2ccc(-c3cncc4ccccc34)cc2)C(N)=O)CC1. The molecule has 0 spiro atoms. The molecule has 2 amide bonds. The van der Waals surface area contributed by atoms with Crippen molar-refractivity contribution in [2.45, 2.75) is 38.1 Å². The van der Waals surface area contributed by atoms with E-state index in [1.165, 1.54) is 0 Å². The van der Waals surface area contributed by atoms with E-state index >= 15 is 0 Å². The monoisotopic (exact) mass is 610 g/mol. The fourth-order valence-electron chi connectivity index (χ4n) is 6.07. The largest absolute Gasteiger partial charge is 0.368 e. The Labute approximate surface area is 261 Å². The minimum Gasteiger partial charge on any atom is -0.368 e. The molecule has 1 aliphatic rings. The van der Waals surface area contributed by atoms with Gasteiger partial charge in [0.1, 0.15) is 6.04 Å². The number of H-pyrrole nitrogens is 1. The van der Waals surface area contributed by atoms with Crippen LogP contribution < -0.4 is 16.4 Å². The van der Waals surface area contributed by atoms with Crippen LogP contribution in [0.15, 0.2) is 85.2 Å². The summed E-state index contributed by atoms with van der Waals surface area (Å²) in [6.45, 7) is 0.622. The summed E-state index contributed by atoms with van der Waals surface area (Å²) in [6, 6.07) is 22.5. The van der Waals surface area contributed by atoms with Gasteiger partial charge < -0.3 is 11.5 Å². The fourth-order valence-corrected chi connectivity index (χ4v) is 6.07. The van der Waals surface area contributed by atoms with Crippen LogP contribution in [0.5, 0.6) is 0 Å². The molecule has 1 aliphatic carbocycles. The second-order valence-electron chi connectivity index (χ2n) is 11.2. The summed E-state index contributed by atoms with van der Waals surface area (Å²) in [5.74, 6) is 0.00738. The molecule has 0 bridgehead atoms. The number of nitrogens with zero attached hydrogens (tertiary/aromatic N) is 5. The predicted octanol–water partition coefficient (Wildman–Crippen LogP) is 4.70. The summed E-state index contributed by atoms with van der Waals surface area (Å²) in [6.07, 6.45) is 7.25. The van der Waals surface area contributed by atoms with Crippen LogP contribution >= 0.6 is 12.4 Å². The molecule has 226 valence electrons. The van der Waals surface area contributed by atoms with Crippen LogP contribution in [0, 0.1) is 11.8 Å². The van der Waals surface area contributed by atoms with Crippen molar-refractivity contribution in [3.8, 4) is 22.5 Å². The van der Waals surface area contributed by atoms with Gasteiger partial charge in [-0.15, -0.1) is 22.6 Å². The second kappa shape index (κ2) is 13.7. The third-order valence-electron chi connectivity index (χ3n) is 8.52. The Balaban J connectivity index is 0.00000384. The number of pyridine rings is 1. The van der Waals surface area contributed by atoms with Crippen LogP contribution in [0.2, 0.25) is 0 Å². The number of anilines is 1. The standard InChI is InChI=1S/C33H34N8O2.ClH/c34-18-22-7-11-25(12-8-22)33(43)41(27-15-13-24(14-16-27)32-37-39-40-38-32)30(31(35)42)17-21-5-9-23(10-6-21)29-20-36-19-26-3-1-2-4-28(26)29;/h1-6,9-10,13-16,19-20,22,25,30H,7-8,11-12,17-18,34H2,(H2,35,42)(H,37,38,39,40);1H/t22?,25?,30-;/m0./s1. The minimum atomic E-state index is -0.874. The highest BCUT2D eigenvalue weighted by Crippen LogP contribution is 2.33. The van der Waals surface area contributed by atoms with E-state index in [1.54, 1.807) is 4.90 Å². The molecule has 5 aromatic rings. The van der Waals surface area contributed by atoms with Crippen LogP contribution in [-0.2, 0) is 16.0 Å². The number of rotatable bonds is 9. The number of benzene rings is 3. The number of nitrogens with one attached hydrogen (secondary N) is 1. The zero-order valence-electron chi connectivity index (χ0n) is 24.2. The van der Waals surface area contributed by atoms with Crippen molar-refractivity contribution in [3.63, 3.8) is 0 Å². The normalized spacial score (nSPS) is 17.0. The van der Waals surface area contributed by atoms with Crippen LogP contribution in [0.4, 0.5) is 5.69 Å². The minimum absolute atomic E-state index is 0. The third-order valence-corrected chi connectivity index (χ3v) is 8.52. The van der Waals surface area contributed by atoms with Crippen LogP contribution in [0.1, 0.15) is 31.2 Å². The van der Waals surface area contributed by atoms with Gasteiger partial charge in [-0.3, -0.25) is 19.5 Å². The summed E-state index contributed by atoms with van der Waals surface area (Å²) < 4.78 is 0. The van der Waals surface area contributed by atoms with E-state index in [0.717, 1.165) is 58.7 Å². The number of tetrazole rings is 1. The maximum atomic E-state index is 14.1. The van der Waals surface area contributed by atoms with Gasteiger partial charge in [-0.1, -0.05) is 48.5 Å². The molecule has 0 unspecified atom stereocenters. The maximum absolute atomic E-state index is 14.1. The van der Waals surface area contributed by atoms with Crippen LogP contribution in [-0.4, -0.2) is 50.0 Å². The van der Waals surface area contributed by atoms with Gasteiger partial charge >= 0.3 is 0 Å². The lowest BCUT2D eigenvalue weighted by molar-refractivity contribution is -0.127. The molecule has 44 heavy (non-hydrogen) atoms. The molecular formula is C33H35ClN8O2. The lowest BCUT2D eigenvalue weighted by atomic mass is 9.81. The van der Waals surface area contributed by atoms with Crippen LogP contribution in [0.3, 0.4) is 0 Å². The molecule has 0 radical (unpaired) electrons. The highest BCUT2D eigenvalue weighted by Gasteiger charge is 2.36. The zero-order valence-corrected chi connectivity index (χ0v) is 25.0.